The molecule has 0 aromatic carbocycles. The molecule has 0 radical (unpaired) electrons. The molecule has 1 aliphatic heterocycles. The van der Waals surface area contributed by atoms with Gasteiger partial charge in [0, 0.05) is 13.1 Å². The molecular weight excluding hydrogens is 206 g/mol. The average molecular weight is 217 g/mol. The van der Waals surface area contributed by atoms with Gasteiger partial charge in [0.2, 0.25) is 0 Å². The lowest BCUT2D eigenvalue weighted by atomic mass is 10.2. The number of nitrogens with one attached hydrogen (secondary N) is 1. The Morgan fingerprint density at radius 3 is 2.71 bits per heavy atom. The zero-order chi connectivity index (χ0) is 10.3. The van der Waals surface area contributed by atoms with Crippen molar-refractivity contribution in [3.8, 4) is 0 Å². The van der Waals surface area contributed by atoms with Gasteiger partial charge < -0.3 is 10.1 Å². The molecule has 0 spiro atoms. The smallest absolute Gasteiger partial charge is 0.260 e. The van der Waals surface area contributed by atoms with Crippen LogP contribution in [-0.4, -0.2) is 47.0 Å². The van der Waals surface area contributed by atoms with E-state index >= 15 is 0 Å². The molecular formula is C7H11N3O3S. The van der Waals surface area contributed by atoms with Crippen molar-refractivity contribution in [2.45, 2.75) is 18.1 Å². The van der Waals surface area contributed by atoms with Crippen molar-refractivity contribution >= 4 is 10.0 Å². The molecule has 2 rings (SSSR count). The topological polar surface area (TPSA) is 86.3 Å². The summed E-state index contributed by atoms with van der Waals surface area (Å²) in [6, 6.07) is 0. The van der Waals surface area contributed by atoms with Crippen LogP contribution in [0.15, 0.2) is 11.2 Å². The Kier molecular flexibility index (Phi) is 2.09. The van der Waals surface area contributed by atoms with E-state index in [1.165, 1.54) is 10.5 Å². The van der Waals surface area contributed by atoms with Gasteiger partial charge in [0.1, 0.15) is 5.82 Å². The SMILES string of the molecule is Cc1ncc(S(=O)(=O)N2CC(O)C2)[nH]1. The summed E-state index contributed by atoms with van der Waals surface area (Å²) in [5, 5.41) is 9.09. The number of aliphatic hydroxyl groups is 1. The normalized spacial score (nSPS) is 19.6. The molecule has 0 unspecified atom stereocenters. The van der Waals surface area contributed by atoms with Crippen molar-refractivity contribution in [1.82, 2.24) is 14.3 Å². The largest absolute Gasteiger partial charge is 0.390 e. The van der Waals surface area contributed by atoms with Crippen LogP contribution in [0.5, 0.6) is 0 Å². The Morgan fingerprint density at radius 1 is 1.64 bits per heavy atom. The third kappa shape index (κ3) is 1.43. The Balaban J connectivity index is 2.25. The van der Waals surface area contributed by atoms with Crippen LogP contribution in [0, 0.1) is 6.92 Å². The molecule has 0 aliphatic carbocycles. The second-order valence-corrected chi connectivity index (χ2v) is 5.22. The zero-order valence-corrected chi connectivity index (χ0v) is 8.45. The Hall–Kier alpha value is -0.920. The van der Waals surface area contributed by atoms with Crippen molar-refractivity contribution in [3.63, 3.8) is 0 Å². The number of β-amino-alcohol motifs (C(OH)–C–C–N with tert-alkyl or cyclic N) is 1. The summed E-state index contributed by atoms with van der Waals surface area (Å²) in [5.41, 5.74) is 0. The molecule has 1 aromatic heterocycles. The summed E-state index contributed by atoms with van der Waals surface area (Å²) in [6.07, 6.45) is 0.754. The van der Waals surface area contributed by atoms with Gasteiger partial charge in [0.05, 0.1) is 12.3 Å². The predicted molar refractivity (Wildman–Crippen MR) is 48.1 cm³/mol. The van der Waals surface area contributed by atoms with Gasteiger partial charge in [-0.2, -0.15) is 4.31 Å². The number of aromatic nitrogens is 2. The molecule has 1 saturated heterocycles. The number of aliphatic hydroxyl groups excluding tert-OH is 1. The maximum Gasteiger partial charge on any atom is 0.260 e. The third-order valence-corrected chi connectivity index (χ3v) is 3.87. The average Bonchev–Trinajstić information content (AvgIpc) is 2.46. The van der Waals surface area contributed by atoms with Crippen LogP contribution < -0.4 is 0 Å². The monoisotopic (exact) mass is 217 g/mol. The Morgan fingerprint density at radius 2 is 2.29 bits per heavy atom. The van der Waals surface area contributed by atoms with Crippen molar-refractivity contribution < 1.29 is 13.5 Å². The fraction of sp³-hybridized carbons (Fsp3) is 0.571. The number of hydrogen-bond donors (Lipinski definition) is 2. The minimum Gasteiger partial charge on any atom is -0.390 e. The van der Waals surface area contributed by atoms with Crippen LogP contribution in [0.3, 0.4) is 0 Å². The summed E-state index contributed by atoms with van der Waals surface area (Å²) < 4.78 is 24.6. The van der Waals surface area contributed by atoms with Crippen LogP contribution >= 0.6 is 0 Å². The molecule has 14 heavy (non-hydrogen) atoms. The fourth-order valence-corrected chi connectivity index (χ4v) is 2.76. The number of rotatable bonds is 2. The summed E-state index contributed by atoms with van der Waals surface area (Å²) in [4.78, 5) is 6.48. The second-order valence-electron chi connectivity index (χ2n) is 3.31. The lowest BCUT2D eigenvalue weighted by Crippen LogP contribution is -2.53. The molecule has 2 heterocycles. The van der Waals surface area contributed by atoms with Gasteiger partial charge in [-0.1, -0.05) is 0 Å². The van der Waals surface area contributed by atoms with Crippen LogP contribution in [-0.2, 0) is 10.0 Å². The van der Waals surface area contributed by atoms with Gasteiger partial charge in [0.15, 0.2) is 5.03 Å². The van der Waals surface area contributed by atoms with Gasteiger partial charge in [-0.15, -0.1) is 0 Å². The first-order valence-corrected chi connectivity index (χ1v) is 5.64. The number of sulfonamides is 1. The van der Waals surface area contributed by atoms with Crippen molar-refractivity contribution in [2.75, 3.05) is 13.1 Å². The Labute approximate surface area is 81.6 Å². The summed E-state index contributed by atoms with van der Waals surface area (Å²) >= 11 is 0. The molecule has 78 valence electrons. The summed E-state index contributed by atoms with van der Waals surface area (Å²) in [7, 11) is -3.46. The number of nitrogens with zero attached hydrogens (tertiary/aromatic N) is 2. The number of imidazole rings is 1. The third-order valence-electron chi connectivity index (χ3n) is 2.13. The predicted octanol–water partition coefficient (Wildman–Crippen LogP) is -0.917. The highest BCUT2D eigenvalue weighted by molar-refractivity contribution is 7.89. The summed E-state index contributed by atoms with van der Waals surface area (Å²) in [6.45, 7) is 2.02. The van der Waals surface area contributed by atoms with Crippen molar-refractivity contribution in [2.24, 2.45) is 0 Å². The van der Waals surface area contributed by atoms with E-state index in [2.05, 4.69) is 9.97 Å². The molecule has 0 amide bonds. The molecule has 1 aliphatic rings. The first-order chi connectivity index (χ1) is 6.50. The van der Waals surface area contributed by atoms with Gasteiger partial charge in [-0.3, -0.25) is 0 Å². The van der Waals surface area contributed by atoms with Gasteiger partial charge in [-0.25, -0.2) is 13.4 Å². The molecule has 1 fully saturated rings. The second kappa shape index (κ2) is 3.04. The number of hydrogen-bond acceptors (Lipinski definition) is 4. The highest BCUT2D eigenvalue weighted by Crippen LogP contribution is 2.19. The maximum absolute atomic E-state index is 11.7. The van der Waals surface area contributed by atoms with E-state index in [1.807, 2.05) is 0 Å². The quantitative estimate of drug-likeness (QED) is 0.671. The molecule has 1 aromatic rings. The van der Waals surface area contributed by atoms with Gasteiger partial charge in [0.25, 0.3) is 10.0 Å². The minimum absolute atomic E-state index is 0.0851. The zero-order valence-electron chi connectivity index (χ0n) is 7.64. The van der Waals surface area contributed by atoms with Crippen LogP contribution in [0.4, 0.5) is 0 Å². The van der Waals surface area contributed by atoms with E-state index in [4.69, 9.17) is 5.11 Å². The van der Waals surface area contributed by atoms with Crippen LogP contribution in [0.1, 0.15) is 5.82 Å². The Bertz CT molecular complexity index is 433. The molecule has 2 N–H and O–H groups in total. The van der Waals surface area contributed by atoms with Crippen LogP contribution in [0.2, 0.25) is 0 Å². The molecule has 7 heteroatoms. The molecule has 0 bridgehead atoms. The first-order valence-electron chi connectivity index (χ1n) is 4.20. The highest BCUT2D eigenvalue weighted by atomic mass is 32.2. The van der Waals surface area contributed by atoms with Crippen molar-refractivity contribution in [3.05, 3.63) is 12.0 Å². The van der Waals surface area contributed by atoms with E-state index in [0.29, 0.717) is 5.82 Å². The molecule has 0 saturated carbocycles. The van der Waals surface area contributed by atoms with Gasteiger partial charge >= 0.3 is 0 Å². The van der Waals surface area contributed by atoms with Crippen LogP contribution in [0.25, 0.3) is 0 Å². The molecule has 6 nitrogen and oxygen atoms in total. The van der Waals surface area contributed by atoms with E-state index in [-0.39, 0.29) is 18.1 Å². The number of aromatic amines is 1. The van der Waals surface area contributed by atoms with E-state index < -0.39 is 16.1 Å². The van der Waals surface area contributed by atoms with Gasteiger partial charge in [-0.05, 0) is 6.92 Å². The number of aryl methyl sites for hydroxylation is 1. The van der Waals surface area contributed by atoms with Crippen molar-refractivity contribution in [1.29, 1.82) is 0 Å². The minimum atomic E-state index is -3.46. The van der Waals surface area contributed by atoms with E-state index in [9.17, 15) is 8.42 Å². The van der Waals surface area contributed by atoms with E-state index in [0.717, 1.165) is 0 Å². The lowest BCUT2D eigenvalue weighted by molar-refractivity contribution is 0.0546. The highest BCUT2D eigenvalue weighted by Gasteiger charge is 2.36. The maximum atomic E-state index is 11.7. The fourth-order valence-electron chi connectivity index (χ4n) is 1.28. The first kappa shape index (κ1) is 9.63. The summed E-state index contributed by atoms with van der Waals surface area (Å²) in [5.74, 6) is 0.560. The van der Waals surface area contributed by atoms with E-state index in [1.54, 1.807) is 6.92 Å². The lowest BCUT2D eigenvalue weighted by Gasteiger charge is -2.33. The standard InChI is InChI=1S/C7H11N3O3S/c1-5-8-2-7(9-5)14(12,13)10-3-6(11)4-10/h2,6,11H,3-4H2,1H3,(H,8,9). The molecule has 0 atom stereocenters. The number of H-pyrrole nitrogens is 1.